The van der Waals surface area contributed by atoms with E-state index >= 15 is 0 Å². The second kappa shape index (κ2) is 7.45. The van der Waals surface area contributed by atoms with E-state index in [1.807, 2.05) is 12.3 Å². The number of pyridine rings is 1. The summed E-state index contributed by atoms with van der Waals surface area (Å²) in [6.07, 6.45) is 8.99. The van der Waals surface area contributed by atoms with Gasteiger partial charge in [0, 0.05) is 38.3 Å². The van der Waals surface area contributed by atoms with Crippen LogP contribution in [0.4, 0.5) is 5.95 Å². The van der Waals surface area contributed by atoms with Gasteiger partial charge in [-0.05, 0) is 31.2 Å². The van der Waals surface area contributed by atoms with Crippen molar-refractivity contribution < 1.29 is 4.74 Å². The number of nitrogens with two attached hydrogens (primary N) is 1. The van der Waals surface area contributed by atoms with Crippen LogP contribution in [0, 0.1) is 0 Å². The van der Waals surface area contributed by atoms with E-state index in [1.54, 1.807) is 0 Å². The normalized spacial score (nSPS) is 18.5. The Morgan fingerprint density at radius 2 is 2.12 bits per heavy atom. The molecule has 1 aliphatic heterocycles. The van der Waals surface area contributed by atoms with Gasteiger partial charge in [0.1, 0.15) is 6.10 Å². The van der Waals surface area contributed by atoms with Crippen LogP contribution in [0.15, 0.2) is 23.1 Å². The number of ether oxygens (including phenoxy) is 1. The third-order valence-electron chi connectivity index (χ3n) is 5.21. The average Bonchev–Trinajstić information content (AvgIpc) is 2.65. The highest BCUT2D eigenvalue weighted by Crippen LogP contribution is 2.23. The quantitative estimate of drug-likeness (QED) is 0.871. The Kier molecular flexibility index (Phi) is 4.88. The molecular formula is C19H25N5O2. The molecule has 3 heterocycles. The lowest BCUT2D eigenvalue weighted by molar-refractivity contribution is 0.148. The van der Waals surface area contributed by atoms with Gasteiger partial charge in [-0.3, -0.25) is 14.7 Å². The predicted molar refractivity (Wildman–Crippen MR) is 98.8 cm³/mol. The molecule has 0 aromatic carbocycles. The highest BCUT2D eigenvalue weighted by atomic mass is 16.5. The molecule has 0 amide bonds. The molecule has 0 atom stereocenters. The highest BCUT2D eigenvalue weighted by Gasteiger charge is 2.21. The molecule has 1 aliphatic carbocycles. The Hall–Kier alpha value is -2.41. The molecule has 2 aromatic rings. The van der Waals surface area contributed by atoms with E-state index in [0.29, 0.717) is 18.5 Å². The minimum absolute atomic E-state index is 0.133. The van der Waals surface area contributed by atoms with E-state index in [2.05, 4.69) is 25.9 Å². The molecule has 2 aromatic heterocycles. The van der Waals surface area contributed by atoms with Crippen LogP contribution in [0.25, 0.3) is 0 Å². The summed E-state index contributed by atoms with van der Waals surface area (Å²) in [6.45, 7) is 2.18. The van der Waals surface area contributed by atoms with Gasteiger partial charge < -0.3 is 10.5 Å². The number of hydrogen-bond acceptors (Lipinski definition) is 6. The largest absolute Gasteiger partial charge is 0.474 e. The van der Waals surface area contributed by atoms with E-state index in [4.69, 9.17) is 10.5 Å². The molecule has 138 valence electrons. The fraction of sp³-hybridized carbons (Fsp3) is 0.526. The number of H-pyrrole nitrogens is 1. The Bertz CT molecular complexity index is 812. The van der Waals surface area contributed by atoms with Gasteiger partial charge in [-0.15, -0.1) is 0 Å². The standard InChI is InChI=1S/C19H25N5O2/c20-19-22-16-8-9-24(12-15(16)18(25)23-19)11-13-6-7-17(21-10-13)26-14-4-2-1-3-5-14/h6-7,10,14H,1-5,8-9,11-12H2,(H3,20,22,23,25). The summed E-state index contributed by atoms with van der Waals surface area (Å²) in [5, 5.41) is 0. The zero-order chi connectivity index (χ0) is 17.9. The van der Waals surface area contributed by atoms with Crippen LogP contribution in [0.3, 0.4) is 0 Å². The van der Waals surface area contributed by atoms with E-state index in [9.17, 15) is 4.79 Å². The van der Waals surface area contributed by atoms with Crippen molar-refractivity contribution >= 4 is 5.95 Å². The molecule has 0 saturated heterocycles. The number of nitrogens with one attached hydrogen (secondary N) is 1. The minimum Gasteiger partial charge on any atom is -0.474 e. The molecule has 26 heavy (non-hydrogen) atoms. The molecule has 1 saturated carbocycles. The number of nitrogens with zero attached hydrogens (tertiary/aromatic N) is 3. The molecule has 4 rings (SSSR count). The van der Waals surface area contributed by atoms with Gasteiger partial charge in [-0.2, -0.15) is 0 Å². The lowest BCUT2D eigenvalue weighted by Crippen LogP contribution is -2.35. The number of aromatic nitrogens is 3. The lowest BCUT2D eigenvalue weighted by atomic mass is 9.98. The van der Waals surface area contributed by atoms with Crippen LogP contribution in [-0.4, -0.2) is 32.5 Å². The Morgan fingerprint density at radius 1 is 1.27 bits per heavy atom. The van der Waals surface area contributed by atoms with Crippen LogP contribution in [0.2, 0.25) is 0 Å². The van der Waals surface area contributed by atoms with Gasteiger partial charge in [0.05, 0.1) is 11.3 Å². The summed E-state index contributed by atoms with van der Waals surface area (Å²) in [5.41, 5.74) is 8.14. The second-order valence-electron chi connectivity index (χ2n) is 7.22. The number of aromatic amines is 1. The first-order valence-corrected chi connectivity index (χ1v) is 9.39. The number of fused-ring (bicyclic) bond motifs is 1. The molecule has 7 nitrogen and oxygen atoms in total. The maximum absolute atomic E-state index is 12.1. The van der Waals surface area contributed by atoms with Crippen LogP contribution >= 0.6 is 0 Å². The van der Waals surface area contributed by atoms with Gasteiger partial charge in [0.25, 0.3) is 5.56 Å². The Balaban J connectivity index is 1.38. The summed E-state index contributed by atoms with van der Waals surface area (Å²) in [4.78, 5) is 25.6. The number of nitrogen functional groups attached to an aromatic ring is 1. The fourth-order valence-electron chi connectivity index (χ4n) is 3.82. The molecular weight excluding hydrogens is 330 g/mol. The van der Waals surface area contributed by atoms with E-state index in [0.717, 1.165) is 49.2 Å². The van der Waals surface area contributed by atoms with Gasteiger partial charge >= 0.3 is 0 Å². The smallest absolute Gasteiger partial charge is 0.257 e. The first kappa shape index (κ1) is 17.0. The van der Waals surface area contributed by atoms with Gasteiger partial charge in [-0.1, -0.05) is 12.5 Å². The summed E-state index contributed by atoms with van der Waals surface area (Å²) >= 11 is 0. The molecule has 7 heteroatoms. The zero-order valence-corrected chi connectivity index (χ0v) is 14.9. The average molecular weight is 355 g/mol. The van der Waals surface area contributed by atoms with Gasteiger partial charge in [0.2, 0.25) is 11.8 Å². The number of anilines is 1. The zero-order valence-electron chi connectivity index (χ0n) is 14.9. The summed E-state index contributed by atoms with van der Waals surface area (Å²) in [6, 6.07) is 4.02. The van der Waals surface area contributed by atoms with E-state index in [-0.39, 0.29) is 11.5 Å². The summed E-state index contributed by atoms with van der Waals surface area (Å²) in [5.74, 6) is 0.903. The number of hydrogen-bond donors (Lipinski definition) is 2. The first-order chi connectivity index (χ1) is 12.7. The van der Waals surface area contributed by atoms with Crippen LogP contribution in [-0.2, 0) is 19.5 Å². The van der Waals surface area contributed by atoms with E-state index in [1.165, 1.54) is 19.3 Å². The van der Waals surface area contributed by atoms with Crippen molar-refractivity contribution in [2.75, 3.05) is 12.3 Å². The molecule has 0 spiro atoms. The van der Waals surface area contributed by atoms with Crippen molar-refractivity contribution in [2.45, 2.75) is 57.7 Å². The molecule has 2 aliphatic rings. The first-order valence-electron chi connectivity index (χ1n) is 9.39. The predicted octanol–water partition coefficient (Wildman–Crippen LogP) is 2.02. The van der Waals surface area contributed by atoms with Crippen LogP contribution in [0.1, 0.15) is 48.9 Å². The maximum Gasteiger partial charge on any atom is 0.257 e. The lowest BCUT2D eigenvalue weighted by Gasteiger charge is -2.27. The number of rotatable bonds is 4. The molecule has 0 unspecified atom stereocenters. The van der Waals surface area contributed by atoms with Crippen LogP contribution < -0.4 is 16.0 Å². The minimum atomic E-state index is -0.133. The molecule has 0 bridgehead atoms. The van der Waals surface area contributed by atoms with Crippen LogP contribution in [0.5, 0.6) is 5.88 Å². The highest BCUT2D eigenvalue weighted by molar-refractivity contribution is 5.27. The Morgan fingerprint density at radius 3 is 2.88 bits per heavy atom. The molecule has 1 fully saturated rings. The molecule has 3 N–H and O–H groups in total. The van der Waals surface area contributed by atoms with Gasteiger partial charge in [0.15, 0.2) is 0 Å². The van der Waals surface area contributed by atoms with Crippen molar-refractivity contribution in [1.29, 1.82) is 0 Å². The van der Waals surface area contributed by atoms with E-state index < -0.39 is 0 Å². The molecule has 0 radical (unpaired) electrons. The van der Waals surface area contributed by atoms with Crippen molar-refractivity contribution in [3.63, 3.8) is 0 Å². The van der Waals surface area contributed by atoms with Crippen molar-refractivity contribution in [3.8, 4) is 5.88 Å². The third-order valence-corrected chi connectivity index (χ3v) is 5.21. The SMILES string of the molecule is Nc1nc2c(c(=O)[nH]1)CN(Cc1ccc(OC3CCCCC3)nc1)CC2. The summed E-state index contributed by atoms with van der Waals surface area (Å²) in [7, 11) is 0. The van der Waals surface area contributed by atoms with Gasteiger partial charge in [-0.25, -0.2) is 9.97 Å². The maximum atomic E-state index is 12.1. The third kappa shape index (κ3) is 3.88. The second-order valence-corrected chi connectivity index (χ2v) is 7.22. The Labute approximate surface area is 152 Å². The fourth-order valence-corrected chi connectivity index (χ4v) is 3.82. The monoisotopic (exact) mass is 355 g/mol. The topological polar surface area (TPSA) is 97.1 Å². The van der Waals surface area contributed by atoms with Crippen molar-refractivity contribution in [3.05, 3.63) is 45.5 Å². The van der Waals surface area contributed by atoms with Crippen molar-refractivity contribution in [1.82, 2.24) is 19.9 Å². The van der Waals surface area contributed by atoms with Crippen molar-refractivity contribution in [2.24, 2.45) is 0 Å². The summed E-state index contributed by atoms with van der Waals surface area (Å²) < 4.78 is 5.98.